The summed E-state index contributed by atoms with van der Waals surface area (Å²) in [5.74, 6) is 0.619. The normalized spacial score (nSPS) is 12.1. The number of methoxy groups -OCH3 is 2. The molecular formula is C13H19ClN2O4. The summed E-state index contributed by atoms with van der Waals surface area (Å²) in [5, 5.41) is 5.87. The summed E-state index contributed by atoms with van der Waals surface area (Å²) in [6.07, 6.45) is -0.965. The van der Waals surface area contributed by atoms with Gasteiger partial charge >= 0.3 is 6.03 Å². The van der Waals surface area contributed by atoms with Crippen LogP contribution in [0.15, 0.2) is 24.3 Å². The Morgan fingerprint density at radius 1 is 1.25 bits per heavy atom. The van der Waals surface area contributed by atoms with Gasteiger partial charge in [-0.1, -0.05) is 11.6 Å². The fraction of sp³-hybridized carbons (Fsp3) is 0.462. The third kappa shape index (κ3) is 6.10. The van der Waals surface area contributed by atoms with E-state index < -0.39 is 12.5 Å². The molecule has 0 aliphatic carbocycles. The van der Waals surface area contributed by atoms with Gasteiger partial charge in [0.1, 0.15) is 5.75 Å². The van der Waals surface area contributed by atoms with Gasteiger partial charge < -0.3 is 24.8 Å². The highest BCUT2D eigenvalue weighted by Gasteiger charge is 2.11. The van der Waals surface area contributed by atoms with Gasteiger partial charge in [-0.15, -0.1) is 0 Å². The van der Waals surface area contributed by atoms with Crippen molar-refractivity contribution in [2.75, 3.05) is 20.8 Å². The van der Waals surface area contributed by atoms with Crippen molar-refractivity contribution in [1.29, 1.82) is 0 Å². The van der Waals surface area contributed by atoms with Crippen LogP contribution in [0.4, 0.5) is 4.79 Å². The Morgan fingerprint density at radius 3 is 2.40 bits per heavy atom. The predicted molar refractivity (Wildman–Crippen MR) is 75.9 cm³/mol. The summed E-state index contributed by atoms with van der Waals surface area (Å²) in [7, 11) is 3.00. The second-order valence-electron chi connectivity index (χ2n) is 3.97. The molecule has 0 aromatic heterocycles. The Hall–Kier alpha value is -1.50. The standard InChI is InChI=1S/C13H19ClN2O4/c1-9(20-11-6-4-10(14)5-7-11)16-13(17)15-8-12(18-2)19-3/h4-7,9,12H,8H2,1-3H3,(H2,15,16,17). The molecule has 0 saturated carbocycles. The number of hydrogen-bond donors (Lipinski definition) is 2. The zero-order valence-corrected chi connectivity index (χ0v) is 12.4. The highest BCUT2D eigenvalue weighted by atomic mass is 35.5. The molecule has 1 aromatic carbocycles. The minimum absolute atomic E-state index is 0.243. The van der Waals surface area contributed by atoms with E-state index in [2.05, 4.69) is 10.6 Å². The van der Waals surface area contributed by atoms with Gasteiger partial charge in [0.05, 0.1) is 6.54 Å². The highest BCUT2D eigenvalue weighted by Crippen LogP contribution is 2.16. The van der Waals surface area contributed by atoms with E-state index in [1.807, 2.05) is 0 Å². The number of ether oxygens (including phenoxy) is 3. The molecule has 2 amide bonds. The number of benzene rings is 1. The van der Waals surface area contributed by atoms with E-state index in [1.165, 1.54) is 14.2 Å². The quantitative estimate of drug-likeness (QED) is 0.756. The third-order valence-electron chi connectivity index (χ3n) is 2.42. The van der Waals surface area contributed by atoms with Crippen molar-refractivity contribution in [3.63, 3.8) is 0 Å². The highest BCUT2D eigenvalue weighted by molar-refractivity contribution is 6.30. The zero-order chi connectivity index (χ0) is 15.0. The van der Waals surface area contributed by atoms with E-state index in [0.29, 0.717) is 10.8 Å². The summed E-state index contributed by atoms with van der Waals surface area (Å²) < 4.78 is 15.4. The summed E-state index contributed by atoms with van der Waals surface area (Å²) in [6.45, 7) is 1.96. The molecule has 20 heavy (non-hydrogen) atoms. The van der Waals surface area contributed by atoms with Crippen LogP contribution in [0, 0.1) is 0 Å². The Balaban J connectivity index is 2.32. The largest absolute Gasteiger partial charge is 0.471 e. The van der Waals surface area contributed by atoms with Crippen molar-refractivity contribution in [1.82, 2.24) is 10.6 Å². The van der Waals surface area contributed by atoms with E-state index in [9.17, 15) is 4.79 Å². The van der Waals surface area contributed by atoms with Crippen molar-refractivity contribution >= 4 is 17.6 Å². The first-order valence-electron chi connectivity index (χ1n) is 6.07. The molecule has 0 aliphatic heterocycles. The van der Waals surface area contributed by atoms with E-state index in [0.717, 1.165) is 0 Å². The molecule has 0 bridgehead atoms. The Bertz CT molecular complexity index is 409. The first-order chi connectivity index (χ1) is 9.55. The molecule has 0 spiro atoms. The molecule has 2 N–H and O–H groups in total. The van der Waals surface area contributed by atoms with E-state index in [1.54, 1.807) is 31.2 Å². The average Bonchev–Trinajstić information content (AvgIpc) is 2.42. The fourth-order valence-corrected chi connectivity index (χ4v) is 1.55. The van der Waals surface area contributed by atoms with Crippen LogP contribution < -0.4 is 15.4 Å². The van der Waals surface area contributed by atoms with Crippen LogP contribution in [-0.2, 0) is 9.47 Å². The van der Waals surface area contributed by atoms with Crippen molar-refractivity contribution in [3.05, 3.63) is 29.3 Å². The number of rotatable bonds is 7. The molecule has 1 atom stereocenters. The second-order valence-corrected chi connectivity index (χ2v) is 4.41. The maximum atomic E-state index is 11.6. The lowest BCUT2D eigenvalue weighted by Gasteiger charge is -2.18. The number of nitrogens with one attached hydrogen (secondary N) is 2. The summed E-state index contributed by atoms with van der Waals surface area (Å²) in [6, 6.07) is 6.51. The van der Waals surface area contributed by atoms with Gasteiger partial charge in [0.25, 0.3) is 0 Å². The number of carbonyl (C=O) groups excluding carboxylic acids is 1. The molecule has 1 rings (SSSR count). The maximum Gasteiger partial charge on any atom is 0.317 e. The second kappa shape index (κ2) is 8.63. The number of carbonyl (C=O) groups is 1. The zero-order valence-electron chi connectivity index (χ0n) is 11.7. The molecule has 0 radical (unpaired) electrons. The summed E-state index contributed by atoms with van der Waals surface area (Å²) in [5.41, 5.74) is 0. The van der Waals surface area contributed by atoms with Gasteiger partial charge in [-0.2, -0.15) is 0 Å². The lowest BCUT2D eigenvalue weighted by Crippen LogP contribution is -2.46. The van der Waals surface area contributed by atoms with Crippen molar-refractivity contribution in [2.45, 2.75) is 19.4 Å². The number of amides is 2. The van der Waals surface area contributed by atoms with Crippen molar-refractivity contribution in [3.8, 4) is 5.75 Å². The van der Waals surface area contributed by atoms with E-state index >= 15 is 0 Å². The predicted octanol–water partition coefficient (Wildman–Crippen LogP) is 1.98. The molecule has 6 nitrogen and oxygen atoms in total. The molecule has 1 unspecified atom stereocenters. The number of halogens is 1. The Morgan fingerprint density at radius 2 is 1.85 bits per heavy atom. The molecule has 0 fully saturated rings. The van der Waals surface area contributed by atoms with Gasteiger partial charge in [0.15, 0.2) is 12.5 Å². The Kier molecular flexibility index (Phi) is 7.14. The monoisotopic (exact) mass is 302 g/mol. The minimum Gasteiger partial charge on any atom is -0.471 e. The average molecular weight is 303 g/mol. The minimum atomic E-state index is -0.486. The van der Waals surface area contributed by atoms with Gasteiger partial charge in [0, 0.05) is 19.2 Å². The van der Waals surface area contributed by atoms with Gasteiger partial charge in [-0.05, 0) is 31.2 Å². The van der Waals surface area contributed by atoms with E-state index in [4.69, 9.17) is 25.8 Å². The number of urea groups is 1. The molecule has 112 valence electrons. The van der Waals surface area contributed by atoms with Gasteiger partial charge in [-0.3, -0.25) is 0 Å². The van der Waals surface area contributed by atoms with Crippen LogP contribution in [0.3, 0.4) is 0 Å². The van der Waals surface area contributed by atoms with Gasteiger partial charge in [-0.25, -0.2) is 4.79 Å². The smallest absolute Gasteiger partial charge is 0.317 e. The Labute approximate surface area is 123 Å². The lowest BCUT2D eigenvalue weighted by atomic mass is 10.3. The summed E-state index contributed by atoms with van der Waals surface area (Å²) in [4.78, 5) is 11.6. The third-order valence-corrected chi connectivity index (χ3v) is 2.67. The lowest BCUT2D eigenvalue weighted by molar-refractivity contribution is -0.0972. The SMILES string of the molecule is COC(CNC(=O)NC(C)Oc1ccc(Cl)cc1)OC. The van der Waals surface area contributed by atoms with Crippen LogP contribution in [0.2, 0.25) is 5.02 Å². The summed E-state index contributed by atoms with van der Waals surface area (Å²) >= 11 is 5.77. The van der Waals surface area contributed by atoms with Crippen LogP contribution in [0.1, 0.15) is 6.92 Å². The van der Waals surface area contributed by atoms with Crippen LogP contribution >= 0.6 is 11.6 Å². The first kappa shape index (κ1) is 16.6. The fourth-order valence-electron chi connectivity index (χ4n) is 1.42. The first-order valence-corrected chi connectivity index (χ1v) is 6.45. The molecule has 0 heterocycles. The van der Waals surface area contributed by atoms with Crippen molar-refractivity contribution in [2.24, 2.45) is 0 Å². The molecule has 0 aliphatic rings. The topological polar surface area (TPSA) is 68.8 Å². The van der Waals surface area contributed by atoms with Crippen LogP contribution in [-0.4, -0.2) is 39.3 Å². The van der Waals surface area contributed by atoms with Gasteiger partial charge in [0.2, 0.25) is 0 Å². The van der Waals surface area contributed by atoms with Crippen LogP contribution in [0.5, 0.6) is 5.75 Å². The number of hydrogen-bond acceptors (Lipinski definition) is 4. The maximum absolute atomic E-state index is 11.6. The molecule has 1 aromatic rings. The van der Waals surface area contributed by atoms with E-state index in [-0.39, 0.29) is 12.6 Å². The molecule has 0 saturated heterocycles. The molecular weight excluding hydrogens is 284 g/mol. The van der Waals surface area contributed by atoms with Crippen molar-refractivity contribution < 1.29 is 19.0 Å². The molecule has 7 heteroatoms. The van der Waals surface area contributed by atoms with Crippen LogP contribution in [0.25, 0.3) is 0 Å².